The highest BCUT2D eigenvalue weighted by atomic mass is 32.2. The molecule has 1 atom stereocenters. The van der Waals surface area contributed by atoms with Crippen molar-refractivity contribution in [1.82, 2.24) is 9.80 Å². The maximum Gasteiger partial charge on any atom is 0.312 e. The van der Waals surface area contributed by atoms with Crippen molar-refractivity contribution in [2.45, 2.75) is 12.5 Å². The highest BCUT2D eigenvalue weighted by molar-refractivity contribution is 8.00. The molecule has 0 aromatic heterocycles. The zero-order chi connectivity index (χ0) is 15.7. The summed E-state index contributed by atoms with van der Waals surface area (Å²) < 4.78 is 0. The summed E-state index contributed by atoms with van der Waals surface area (Å²) in [7, 11) is 0. The van der Waals surface area contributed by atoms with Crippen LogP contribution in [0.5, 0.6) is 0 Å². The van der Waals surface area contributed by atoms with Gasteiger partial charge in [0.15, 0.2) is 0 Å². The van der Waals surface area contributed by atoms with E-state index >= 15 is 0 Å². The number of hydrogen-bond donors (Lipinski definition) is 1. The number of carboxylic acids is 1. The van der Waals surface area contributed by atoms with Gasteiger partial charge in [-0.05, 0) is 11.1 Å². The third kappa shape index (κ3) is 2.81. The maximum absolute atomic E-state index is 12.4. The number of hydrogen-bond acceptors (Lipinski definition) is 4. The van der Waals surface area contributed by atoms with Crippen molar-refractivity contribution >= 4 is 29.5 Å². The van der Waals surface area contributed by atoms with Gasteiger partial charge >= 0.3 is 5.97 Å². The van der Waals surface area contributed by atoms with E-state index in [0.29, 0.717) is 18.2 Å². The van der Waals surface area contributed by atoms with Crippen LogP contribution in [0.1, 0.15) is 17.0 Å². The SMILES string of the molecule is O=C(O)[C@H]1CN(C(=O)CN2CSCC2=O)Cc2ccccc21. The molecular weight excluding hydrogens is 304 g/mol. The van der Waals surface area contributed by atoms with Gasteiger partial charge in [0.25, 0.3) is 0 Å². The van der Waals surface area contributed by atoms with Gasteiger partial charge in [-0.2, -0.15) is 0 Å². The zero-order valence-electron chi connectivity index (χ0n) is 11.9. The van der Waals surface area contributed by atoms with Crippen LogP contribution in [0, 0.1) is 0 Å². The van der Waals surface area contributed by atoms with Gasteiger partial charge in [-0.3, -0.25) is 14.4 Å². The second-order valence-corrected chi connectivity index (χ2v) is 6.39. The molecule has 0 radical (unpaired) electrons. The topological polar surface area (TPSA) is 77.9 Å². The van der Waals surface area contributed by atoms with E-state index in [2.05, 4.69) is 0 Å². The largest absolute Gasteiger partial charge is 0.481 e. The van der Waals surface area contributed by atoms with Gasteiger partial charge in [-0.15, -0.1) is 11.8 Å². The van der Waals surface area contributed by atoms with Crippen LogP contribution in [0.2, 0.25) is 0 Å². The highest BCUT2D eigenvalue weighted by Gasteiger charge is 2.33. The first kappa shape index (κ1) is 14.9. The minimum atomic E-state index is -0.933. The number of benzene rings is 1. The van der Waals surface area contributed by atoms with E-state index in [-0.39, 0.29) is 24.9 Å². The molecule has 6 nitrogen and oxygen atoms in total. The van der Waals surface area contributed by atoms with Crippen molar-refractivity contribution in [3.63, 3.8) is 0 Å². The molecule has 7 heteroatoms. The molecule has 1 aromatic rings. The molecule has 1 saturated heterocycles. The van der Waals surface area contributed by atoms with Crippen molar-refractivity contribution in [2.75, 3.05) is 24.7 Å². The lowest BCUT2D eigenvalue weighted by atomic mass is 9.90. The minimum absolute atomic E-state index is 0.0281. The van der Waals surface area contributed by atoms with Crippen molar-refractivity contribution < 1.29 is 19.5 Å². The average Bonchev–Trinajstić information content (AvgIpc) is 2.91. The van der Waals surface area contributed by atoms with Gasteiger partial charge < -0.3 is 14.9 Å². The normalized spacial score (nSPS) is 20.9. The number of carboxylic acid groups (broad SMARTS) is 1. The van der Waals surface area contributed by atoms with Crippen LogP contribution in [-0.2, 0) is 20.9 Å². The molecule has 2 amide bonds. The Labute approximate surface area is 132 Å². The number of amides is 2. The van der Waals surface area contributed by atoms with E-state index in [9.17, 15) is 19.5 Å². The van der Waals surface area contributed by atoms with Crippen LogP contribution >= 0.6 is 11.8 Å². The van der Waals surface area contributed by atoms with Crippen LogP contribution < -0.4 is 0 Å². The fraction of sp³-hybridized carbons (Fsp3) is 0.400. The summed E-state index contributed by atoms with van der Waals surface area (Å²) in [5.74, 6) is -0.942. The number of rotatable bonds is 3. The first-order valence-electron chi connectivity index (χ1n) is 7.00. The molecular formula is C15H16N2O4S. The molecule has 0 saturated carbocycles. The maximum atomic E-state index is 12.4. The predicted molar refractivity (Wildman–Crippen MR) is 81.3 cm³/mol. The van der Waals surface area contributed by atoms with Crippen LogP contribution in [0.15, 0.2) is 24.3 Å². The Balaban J connectivity index is 1.77. The molecule has 0 unspecified atom stereocenters. The van der Waals surface area contributed by atoms with E-state index in [0.717, 1.165) is 11.1 Å². The summed E-state index contributed by atoms with van der Waals surface area (Å²) in [4.78, 5) is 38.5. The number of fused-ring (bicyclic) bond motifs is 1. The van der Waals surface area contributed by atoms with Gasteiger partial charge in [-0.1, -0.05) is 24.3 Å². The molecule has 116 valence electrons. The van der Waals surface area contributed by atoms with E-state index in [1.54, 1.807) is 6.07 Å². The lowest BCUT2D eigenvalue weighted by Crippen LogP contribution is -2.45. The van der Waals surface area contributed by atoms with Crippen LogP contribution in [0.25, 0.3) is 0 Å². The summed E-state index contributed by atoms with van der Waals surface area (Å²) in [6.45, 7) is 0.578. The highest BCUT2D eigenvalue weighted by Crippen LogP contribution is 2.28. The quantitative estimate of drug-likeness (QED) is 0.888. The number of nitrogens with zero attached hydrogens (tertiary/aromatic N) is 2. The number of aliphatic carboxylic acids is 1. The van der Waals surface area contributed by atoms with Gasteiger partial charge in [0.2, 0.25) is 11.8 Å². The number of carbonyl (C=O) groups is 3. The van der Waals surface area contributed by atoms with Crippen molar-refractivity contribution in [2.24, 2.45) is 0 Å². The fourth-order valence-corrected chi connectivity index (χ4v) is 3.72. The lowest BCUT2D eigenvalue weighted by molar-refractivity contribution is -0.143. The standard InChI is InChI=1S/C15H16N2O4S/c18-13(7-17-9-22-8-14(17)19)16-5-10-3-1-2-4-11(10)12(6-16)15(20)21/h1-4,12H,5-9H2,(H,20,21)/t12-/m0/s1. The van der Waals surface area contributed by atoms with E-state index in [1.165, 1.54) is 21.6 Å². The Morgan fingerprint density at radius 2 is 2.09 bits per heavy atom. The summed E-state index contributed by atoms with van der Waals surface area (Å²) in [6.07, 6.45) is 0. The summed E-state index contributed by atoms with van der Waals surface area (Å²) in [5, 5.41) is 9.41. The second-order valence-electron chi connectivity index (χ2n) is 5.43. The third-order valence-corrected chi connectivity index (χ3v) is 4.94. The summed E-state index contributed by atoms with van der Waals surface area (Å²) in [5.41, 5.74) is 1.63. The van der Waals surface area contributed by atoms with Crippen molar-refractivity contribution in [3.05, 3.63) is 35.4 Å². The monoisotopic (exact) mass is 320 g/mol. The molecule has 0 spiro atoms. The Kier molecular flexibility index (Phi) is 4.06. The molecule has 0 aliphatic carbocycles. The van der Waals surface area contributed by atoms with Crippen molar-refractivity contribution in [3.8, 4) is 0 Å². The molecule has 1 N–H and O–H groups in total. The Hall–Kier alpha value is -2.02. The molecule has 2 aliphatic rings. The van der Waals surface area contributed by atoms with Crippen LogP contribution in [0.4, 0.5) is 0 Å². The van der Waals surface area contributed by atoms with Gasteiger partial charge in [0.05, 0.1) is 17.5 Å². The van der Waals surface area contributed by atoms with Crippen molar-refractivity contribution in [1.29, 1.82) is 0 Å². The Morgan fingerprint density at radius 1 is 1.32 bits per heavy atom. The number of thioether (sulfide) groups is 1. The second kappa shape index (κ2) is 6.00. The first-order chi connectivity index (χ1) is 10.6. The molecule has 0 bridgehead atoms. The third-order valence-electron chi connectivity index (χ3n) is 4.00. The van der Waals surface area contributed by atoms with Gasteiger partial charge in [0.1, 0.15) is 6.54 Å². The van der Waals surface area contributed by atoms with E-state index < -0.39 is 11.9 Å². The Bertz CT molecular complexity index is 634. The number of carbonyl (C=O) groups excluding carboxylic acids is 2. The molecule has 2 heterocycles. The smallest absolute Gasteiger partial charge is 0.312 e. The lowest BCUT2D eigenvalue weighted by Gasteiger charge is -2.33. The minimum Gasteiger partial charge on any atom is -0.481 e. The summed E-state index contributed by atoms with van der Waals surface area (Å²) in [6, 6.07) is 7.30. The molecule has 2 aliphatic heterocycles. The van der Waals surface area contributed by atoms with Crippen LogP contribution in [0.3, 0.4) is 0 Å². The zero-order valence-corrected chi connectivity index (χ0v) is 12.7. The molecule has 3 rings (SSSR count). The Morgan fingerprint density at radius 3 is 2.77 bits per heavy atom. The first-order valence-corrected chi connectivity index (χ1v) is 8.15. The van der Waals surface area contributed by atoms with Gasteiger partial charge in [-0.25, -0.2) is 0 Å². The van der Waals surface area contributed by atoms with E-state index in [4.69, 9.17) is 0 Å². The molecule has 22 heavy (non-hydrogen) atoms. The summed E-state index contributed by atoms with van der Waals surface area (Å²) >= 11 is 1.48. The predicted octanol–water partition coefficient (Wildman–Crippen LogP) is 0.730. The van der Waals surface area contributed by atoms with Crippen LogP contribution in [-0.4, -0.2) is 57.4 Å². The van der Waals surface area contributed by atoms with Gasteiger partial charge in [0, 0.05) is 13.1 Å². The fourth-order valence-electron chi connectivity index (χ4n) is 2.81. The average molecular weight is 320 g/mol. The van der Waals surface area contributed by atoms with E-state index in [1.807, 2.05) is 18.2 Å². The molecule has 1 aromatic carbocycles. The molecule has 1 fully saturated rings.